The number of hydrogen-bond donors (Lipinski definition) is 1. The topological polar surface area (TPSA) is 79.7 Å². The van der Waals surface area contributed by atoms with Gasteiger partial charge in [0.1, 0.15) is 11.5 Å². The van der Waals surface area contributed by atoms with E-state index in [4.69, 9.17) is 16.3 Å². The lowest BCUT2D eigenvalue weighted by molar-refractivity contribution is -0.140. The summed E-state index contributed by atoms with van der Waals surface area (Å²) in [5.41, 5.74) is 1.88. The number of rotatable bonds is 8. The Morgan fingerprint density at radius 2 is 1.91 bits per heavy atom. The van der Waals surface area contributed by atoms with Crippen LogP contribution in [-0.4, -0.2) is 33.3 Å². The van der Waals surface area contributed by atoms with Crippen LogP contribution in [0.15, 0.2) is 78.6 Å². The van der Waals surface area contributed by atoms with Gasteiger partial charge in [-0.15, -0.1) is 0 Å². The molecule has 0 aliphatic carbocycles. The first kappa shape index (κ1) is 23.5. The summed E-state index contributed by atoms with van der Waals surface area (Å²) in [6, 6.07) is 16.7. The highest BCUT2D eigenvalue weighted by atomic mass is 35.5. The summed E-state index contributed by atoms with van der Waals surface area (Å²) in [4.78, 5) is 31.9. The number of Topliss-reactive ketones (excluding diaryl/α,β-unsaturated/α-hetero) is 1. The third kappa shape index (κ3) is 4.97. The van der Waals surface area contributed by atoms with Crippen LogP contribution < -0.4 is 4.74 Å². The molecule has 1 aliphatic rings. The summed E-state index contributed by atoms with van der Waals surface area (Å²) in [6.45, 7) is 2.80. The monoisotopic (exact) mass is 476 g/mol. The summed E-state index contributed by atoms with van der Waals surface area (Å²) in [5, 5.41) is 11.8. The molecule has 1 N–H and O–H groups in total. The molecule has 0 spiro atoms. The summed E-state index contributed by atoms with van der Waals surface area (Å²) in [7, 11) is 0. The predicted octanol–water partition coefficient (Wildman–Crippen LogP) is 5.54. The van der Waals surface area contributed by atoms with Crippen molar-refractivity contribution in [1.29, 1.82) is 0 Å². The van der Waals surface area contributed by atoms with Crippen LogP contribution in [0.5, 0.6) is 5.75 Å². The van der Waals surface area contributed by atoms with Crippen molar-refractivity contribution in [1.82, 2.24) is 9.88 Å². The van der Waals surface area contributed by atoms with Crippen LogP contribution in [0.3, 0.4) is 0 Å². The molecule has 34 heavy (non-hydrogen) atoms. The maximum atomic E-state index is 13.2. The summed E-state index contributed by atoms with van der Waals surface area (Å²) < 4.78 is 5.76. The highest BCUT2D eigenvalue weighted by Crippen LogP contribution is 2.40. The number of carbonyl (C=O) groups is 2. The molecule has 3 aromatic rings. The minimum absolute atomic E-state index is 0.0296. The number of ether oxygens (including phenoxy) is 1. The van der Waals surface area contributed by atoms with Gasteiger partial charge in [0.05, 0.1) is 18.2 Å². The molecule has 6 nitrogen and oxygen atoms in total. The molecule has 0 bridgehead atoms. The zero-order valence-electron chi connectivity index (χ0n) is 18.8. The Morgan fingerprint density at radius 1 is 1.12 bits per heavy atom. The molecular formula is C27H25ClN2O4. The predicted molar refractivity (Wildman–Crippen MR) is 130 cm³/mol. The molecule has 1 atom stereocenters. The first-order chi connectivity index (χ1) is 16.5. The Labute approximate surface area is 203 Å². The SMILES string of the molecule is CCCCOc1cccc(C(O)=C2C(=O)C(=O)N(Cc3cccnc3)C2c2ccc(Cl)cc2)c1. The second-order valence-corrected chi connectivity index (χ2v) is 8.51. The second-order valence-electron chi connectivity index (χ2n) is 8.07. The van der Waals surface area contributed by atoms with Crippen LogP contribution in [0.25, 0.3) is 5.76 Å². The van der Waals surface area contributed by atoms with Crippen molar-refractivity contribution in [3.63, 3.8) is 0 Å². The Hall–Kier alpha value is -3.64. The molecule has 1 aliphatic heterocycles. The number of hydrogen-bond acceptors (Lipinski definition) is 5. The minimum atomic E-state index is -0.776. The number of pyridine rings is 1. The number of ketones is 1. The maximum Gasteiger partial charge on any atom is 0.295 e. The highest BCUT2D eigenvalue weighted by Gasteiger charge is 2.46. The maximum absolute atomic E-state index is 13.2. The molecule has 1 unspecified atom stereocenters. The van der Waals surface area contributed by atoms with Crippen molar-refractivity contribution in [2.45, 2.75) is 32.4 Å². The van der Waals surface area contributed by atoms with E-state index in [1.165, 1.54) is 4.90 Å². The average molecular weight is 477 g/mol. The Bertz CT molecular complexity index is 1210. The third-order valence-corrected chi connectivity index (χ3v) is 5.93. The summed E-state index contributed by atoms with van der Waals surface area (Å²) >= 11 is 6.08. The van der Waals surface area contributed by atoms with Crippen molar-refractivity contribution in [3.8, 4) is 5.75 Å². The van der Waals surface area contributed by atoms with Gasteiger partial charge in [0.15, 0.2) is 0 Å². The lowest BCUT2D eigenvalue weighted by atomic mass is 9.95. The van der Waals surface area contributed by atoms with Gasteiger partial charge < -0.3 is 14.7 Å². The number of aromatic nitrogens is 1. The zero-order chi connectivity index (χ0) is 24.1. The van der Waals surface area contributed by atoms with Gasteiger partial charge in [-0.1, -0.05) is 55.3 Å². The van der Waals surface area contributed by atoms with E-state index in [-0.39, 0.29) is 17.9 Å². The standard InChI is InChI=1S/C27H25ClN2O4/c1-2-3-14-34-22-8-4-7-20(15-22)25(31)23-24(19-9-11-21(28)12-10-19)30(27(33)26(23)32)17-18-6-5-13-29-16-18/h4-13,15-16,24,31H,2-3,14,17H2,1H3. The molecule has 1 aromatic heterocycles. The fourth-order valence-electron chi connectivity index (χ4n) is 3.95. The van der Waals surface area contributed by atoms with Crippen LogP contribution in [0.1, 0.15) is 42.5 Å². The number of halogens is 1. The van der Waals surface area contributed by atoms with Gasteiger partial charge >= 0.3 is 0 Å². The number of benzene rings is 2. The largest absolute Gasteiger partial charge is 0.507 e. The van der Waals surface area contributed by atoms with Gasteiger partial charge in [-0.2, -0.15) is 0 Å². The smallest absolute Gasteiger partial charge is 0.295 e. The van der Waals surface area contributed by atoms with Crippen LogP contribution in [0.4, 0.5) is 0 Å². The molecule has 1 saturated heterocycles. The van der Waals surface area contributed by atoms with Crippen LogP contribution in [0.2, 0.25) is 5.02 Å². The Kier molecular flexibility index (Phi) is 7.28. The molecule has 174 valence electrons. The van der Waals surface area contributed by atoms with E-state index < -0.39 is 17.7 Å². The highest BCUT2D eigenvalue weighted by molar-refractivity contribution is 6.46. The van der Waals surface area contributed by atoms with Crippen molar-refractivity contribution >= 4 is 29.1 Å². The van der Waals surface area contributed by atoms with Gasteiger partial charge in [0.25, 0.3) is 11.7 Å². The fraction of sp³-hybridized carbons (Fsp3) is 0.222. The molecule has 7 heteroatoms. The fourth-order valence-corrected chi connectivity index (χ4v) is 4.07. The normalized spacial score (nSPS) is 17.2. The lowest BCUT2D eigenvalue weighted by Gasteiger charge is -2.25. The van der Waals surface area contributed by atoms with E-state index >= 15 is 0 Å². The van der Waals surface area contributed by atoms with Crippen molar-refractivity contribution < 1.29 is 19.4 Å². The van der Waals surface area contributed by atoms with Gasteiger partial charge in [0, 0.05) is 29.5 Å². The van der Waals surface area contributed by atoms with Crippen molar-refractivity contribution in [2.75, 3.05) is 6.61 Å². The molecule has 1 fully saturated rings. The molecule has 4 rings (SSSR count). The number of likely N-dealkylation sites (tertiary alicyclic amines) is 1. The average Bonchev–Trinajstić information content (AvgIpc) is 3.10. The number of aliphatic hydroxyl groups is 1. The van der Waals surface area contributed by atoms with Crippen molar-refractivity contribution in [3.05, 3.63) is 100 Å². The van der Waals surface area contributed by atoms with Crippen molar-refractivity contribution in [2.24, 2.45) is 0 Å². The third-order valence-electron chi connectivity index (χ3n) is 5.68. The van der Waals surface area contributed by atoms with E-state index in [9.17, 15) is 14.7 Å². The van der Waals surface area contributed by atoms with Gasteiger partial charge in [-0.05, 0) is 47.9 Å². The van der Waals surface area contributed by atoms with Crippen LogP contribution in [-0.2, 0) is 16.1 Å². The molecule has 2 heterocycles. The Morgan fingerprint density at radius 3 is 2.62 bits per heavy atom. The molecular weight excluding hydrogens is 452 g/mol. The summed E-state index contributed by atoms with van der Waals surface area (Å²) in [6.07, 6.45) is 5.20. The van der Waals surface area contributed by atoms with Gasteiger partial charge in [-0.25, -0.2) is 0 Å². The van der Waals surface area contributed by atoms with E-state index in [0.717, 1.165) is 18.4 Å². The molecule has 0 radical (unpaired) electrons. The molecule has 0 saturated carbocycles. The minimum Gasteiger partial charge on any atom is -0.507 e. The number of nitrogens with zero attached hydrogens (tertiary/aromatic N) is 2. The number of aliphatic hydroxyl groups excluding tert-OH is 1. The second kappa shape index (κ2) is 10.5. The molecule has 2 aromatic carbocycles. The van der Waals surface area contributed by atoms with Gasteiger partial charge in [-0.3, -0.25) is 14.6 Å². The number of amides is 1. The van der Waals surface area contributed by atoms with E-state index in [2.05, 4.69) is 11.9 Å². The zero-order valence-corrected chi connectivity index (χ0v) is 19.5. The van der Waals surface area contributed by atoms with Gasteiger partial charge in [0.2, 0.25) is 0 Å². The lowest BCUT2D eigenvalue weighted by Crippen LogP contribution is -2.29. The number of carbonyl (C=O) groups excluding carboxylic acids is 2. The van der Waals surface area contributed by atoms with Crippen LogP contribution in [0, 0.1) is 0 Å². The first-order valence-electron chi connectivity index (χ1n) is 11.2. The Balaban J connectivity index is 1.78. The van der Waals surface area contributed by atoms with E-state index in [1.54, 1.807) is 67.0 Å². The first-order valence-corrected chi connectivity index (χ1v) is 11.5. The summed E-state index contributed by atoms with van der Waals surface area (Å²) in [5.74, 6) is -1.07. The number of unbranched alkanes of at least 4 members (excludes halogenated alkanes) is 1. The van der Waals surface area contributed by atoms with Crippen LogP contribution >= 0.6 is 11.6 Å². The van der Waals surface area contributed by atoms with E-state index in [1.807, 2.05) is 6.07 Å². The molecule has 1 amide bonds. The quantitative estimate of drug-likeness (QED) is 0.200. The van der Waals surface area contributed by atoms with E-state index in [0.29, 0.717) is 28.5 Å².